The number of unbranched alkanes of at least 4 members (excludes halogenated alkanes) is 1. The highest BCUT2D eigenvalue weighted by Crippen LogP contribution is 2.43. The molecule has 10 aromatic rings. The fraction of sp³-hybridized carbons (Fsp3) is 0.423. The van der Waals surface area contributed by atoms with Gasteiger partial charge in [-0.25, -0.2) is 34.9 Å². The summed E-state index contributed by atoms with van der Waals surface area (Å²) in [5.74, 6) is 7.05. The number of benzene rings is 2. The van der Waals surface area contributed by atoms with E-state index < -0.39 is 23.9 Å². The highest BCUT2D eigenvalue weighted by molar-refractivity contribution is 9.11. The fourth-order valence-electron chi connectivity index (χ4n) is 15.8. The van der Waals surface area contributed by atoms with Gasteiger partial charge in [-0.3, -0.25) is 24.0 Å². The molecule has 8 aliphatic rings. The summed E-state index contributed by atoms with van der Waals surface area (Å²) in [6, 6.07) is 44.5. The molecule has 0 saturated carbocycles. The van der Waals surface area contributed by atoms with E-state index in [1.54, 1.807) is 36.4 Å². The number of aromatic nitrogens is 9. The van der Waals surface area contributed by atoms with Crippen molar-refractivity contribution >= 4 is 140 Å². The lowest BCUT2D eigenvalue weighted by atomic mass is 9.79. The monoisotopic (exact) mass is 2090 g/mol. The number of pyridine rings is 7. The van der Waals surface area contributed by atoms with Gasteiger partial charge in [0.05, 0.1) is 37.3 Å². The normalized spacial score (nSPS) is 16.1. The maximum atomic E-state index is 11.5. The van der Waals surface area contributed by atoms with E-state index in [0.717, 1.165) is 154 Å². The van der Waals surface area contributed by atoms with Gasteiger partial charge in [-0.15, -0.1) is 0 Å². The molecule has 0 radical (unpaired) electrons. The summed E-state index contributed by atoms with van der Waals surface area (Å²) >= 11 is 13.0. The first-order valence-electron chi connectivity index (χ1n) is 44.5. The van der Waals surface area contributed by atoms with Crippen LogP contribution in [0.1, 0.15) is 230 Å². The van der Waals surface area contributed by atoms with Gasteiger partial charge in [-0.1, -0.05) is 114 Å². The number of hydrogen-bond donors (Lipinski definition) is 11. The smallest absolute Gasteiger partial charge is 0.314 e. The molecule has 1 atom stereocenters. The number of fused-ring (bicyclic) bond motifs is 7. The van der Waals surface area contributed by atoms with Crippen LogP contribution in [0.25, 0.3) is 0 Å². The standard InChI is InChI=1S/C26H30N4O5.C14H22N4O.C14H19N3.C12H10O5.C10H13BrN2.C8H9BrN2O2.C8H7BrN2O.C5H5BrN2/c1-26(2)10-11-27-25-19(26)8-7-18(28-25)4-3-5-22-29-23(35-30-22)13-17(14-24(31)32)16-6-9-20-21(12-16)34-15-33-20;1-14(2)8-9-16-13-11(14)7-6-10(17-13)4-3-5-12(15)18-19;1-14(2)8-10-16-13-12(14)7-6-11(17-13)5-3-4-9-15;13-11-4-8(5-12(14)17-11)7-1-2-9-10(3-7)16-6-15-9;1-10(2)5-6-12-9-7(10)3-4-8(11)13-9;9-6-2-1-3-7(11-6)10-5-4-8(12)13;9-7-2-1-5-6(12)3-4-10-8(5)11-7;6-4-2-1-3-5(7)8-4/h6-9,12,17H,3-5,10-11,13-15H2,1-2H3,(H,27,28)(H,31,32);6-7,19H,3-5,8-9H2,1-2H3,(H2,15,18)(H,16,17);6-7H,3-5,8,10H2,1-2H3,(H,16,17);1-3,8H,4-6H2;3-4H,5-6H2,1-2H3,(H,12,13);1-3H,4-5H2,(H,10,11)(H,12,13);1-2H,3-4H2,(H,10,11);1-3H,(H2,7,8). The molecule has 1 unspecified atom stereocenters. The number of aryl methyl sites for hydroxylation is 4. The molecule has 0 bridgehead atoms. The molecule has 8 aliphatic heterocycles. The highest BCUT2D eigenvalue weighted by atomic mass is 79.9. The third-order valence-corrected chi connectivity index (χ3v) is 25.2. The Morgan fingerprint density at radius 3 is 1.54 bits per heavy atom. The number of oxime groups is 1. The largest absolute Gasteiger partial charge is 0.481 e. The summed E-state index contributed by atoms with van der Waals surface area (Å²) in [7, 11) is 0. The molecule has 0 spiro atoms. The number of carboxylic acids is 2. The number of ketones is 1. The van der Waals surface area contributed by atoms with Crippen LogP contribution in [0.4, 0.5) is 40.7 Å². The van der Waals surface area contributed by atoms with Gasteiger partial charge in [0.15, 0.2) is 34.6 Å². The molecule has 16 heterocycles. The molecular formula is C97H115Br4N19O14. The van der Waals surface area contributed by atoms with Crippen molar-refractivity contribution in [3.8, 4) is 29.1 Å². The molecule has 0 aliphatic carbocycles. The van der Waals surface area contributed by atoms with E-state index in [1.807, 2.05) is 54.6 Å². The number of hydrogen-bond acceptors (Lipinski definition) is 30. The van der Waals surface area contributed by atoms with E-state index in [0.29, 0.717) is 103 Å². The molecule has 2 aromatic carbocycles. The lowest BCUT2D eigenvalue weighted by molar-refractivity contribution is -0.164. The molecule has 37 heteroatoms. The van der Waals surface area contributed by atoms with Gasteiger partial charge in [0.1, 0.15) is 65.0 Å². The Morgan fingerprint density at radius 2 is 1.02 bits per heavy atom. The van der Waals surface area contributed by atoms with Crippen LogP contribution in [0, 0.1) is 11.3 Å². The number of esters is 2. The predicted octanol–water partition coefficient (Wildman–Crippen LogP) is 18.8. The Balaban J connectivity index is 0.000000153. The summed E-state index contributed by atoms with van der Waals surface area (Å²) in [5.41, 5.74) is 22.4. The van der Waals surface area contributed by atoms with E-state index in [-0.39, 0.29) is 84.4 Å². The second-order valence-electron chi connectivity index (χ2n) is 35.4. The maximum Gasteiger partial charge on any atom is 0.314 e. The van der Waals surface area contributed by atoms with Crippen molar-refractivity contribution in [2.75, 3.05) is 90.5 Å². The number of nitrogens with zero attached hydrogens (tertiary/aromatic N) is 11. The van der Waals surface area contributed by atoms with Gasteiger partial charge in [0.2, 0.25) is 19.5 Å². The Bertz CT molecular complexity index is 5780. The molecule has 33 nitrogen and oxygen atoms in total. The summed E-state index contributed by atoms with van der Waals surface area (Å²) in [6.07, 6.45) is 12.9. The van der Waals surface area contributed by atoms with E-state index in [1.165, 1.54) is 28.7 Å². The lowest BCUT2D eigenvalue weighted by Gasteiger charge is -2.32. The average molecular weight is 2090 g/mol. The van der Waals surface area contributed by atoms with Crippen molar-refractivity contribution in [3.05, 3.63) is 220 Å². The first-order valence-corrected chi connectivity index (χ1v) is 47.7. The SMILES string of the molecule is CC1(C)CCNc2nc(Br)ccc21.CC1(C)CCNc2nc(CCCC#N)ccc21.CC1(C)CCNc2nc(CCCC(N)=NO)ccc21.CC1(C)CCNc2nc(CCCc3noc(CC(CC(=O)O)c4ccc5c(c4)OCO5)n3)ccc21.Nc1cccc(Br)n1.O=C(O)CCNc1cccc(Br)n1.O=C1CC(c2ccc3c(c2)OCO3)CC(=O)O1.O=C1CCNc2nc(Br)ccc21. The minimum atomic E-state index is -0.886. The van der Waals surface area contributed by atoms with Crippen LogP contribution in [0.3, 0.4) is 0 Å². The Hall–Kier alpha value is -12.1. The van der Waals surface area contributed by atoms with Crippen LogP contribution < -0.4 is 62.3 Å². The number of halogens is 4. The van der Waals surface area contributed by atoms with Crippen LogP contribution in [0.5, 0.6) is 23.0 Å². The molecular weight excluding hydrogens is 1970 g/mol. The average Bonchev–Trinajstić information content (AvgIpc) is 1.56. The summed E-state index contributed by atoms with van der Waals surface area (Å²) in [6.45, 7) is 23.5. The zero-order valence-electron chi connectivity index (χ0n) is 76.4. The molecule has 8 aromatic heterocycles. The molecule has 18 rings (SSSR count). The number of nitrogen functional groups attached to an aromatic ring is 1. The Kier molecular flexibility index (Phi) is 37.2. The fourth-order valence-corrected chi connectivity index (χ4v) is 17.1. The maximum absolute atomic E-state index is 11.5. The first-order chi connectivity index (χ1) is 64.1. The lowest BCUT2D eigenvalue weighted by Crippen LogP contribution is -2.29. The van der Waals surface area contributed by atoms with E-state index in [2.05, 4.69) is 249 Å². The van der Waals surface area contributed by atoms with Crippen LogP contribution in [-0.2, 0) is 77.7 Å². The number of carboxylic acid groups (broad SMARTS) is 2. The van der Waals surface area contributed by atoms with Crippen molar-refractivity contribution in [2.24, 2.45) is 10.9 Å². The van der Waals surface area contributed by atoms with Crippen LogP contribution in [0.15, 0.2) is 162 Å². The van der Waals surface area contributed by atoms with Crippen molar-refractivity contribution in [1.29, 1.82) is 5.26 Å². The number of nitrogens with two attached hydrogens (primary N) is 2. The van der Waals surface area contributed by atoms with Crippen molar-refractivity contribution in [2.45, 2.75) is 211 Å². The second-order valence-corrected chi connectivity index (χ2v) is 38.6. The molecule has 13 N–H and O–H groups in total. The number of rotatable bonds is 21. The van der Waals surface area contributed by atoms with Gasteiger partial charge in [-0.2, -0.15) is 10.2 Å². The van der Waals surface area contributed by atoms with Gasteiger partial charge in [0, 0.05) is 123 Å². The van der Waals surface area contributed by atoms with Gasteiger partial charge in [0.25, 0.3) is 0 Å². The second kappa shape index (κ2) is 48.7. The molecule has 1 fully saturated rings. The summed E-state index contributed by atoms with van der Waals surface area (Å²) in [5, 5.41) is 61.3. The van der Waals surface area contributed by atoms with Gasteiger partial charge in [-0.05, 0) is 246 Å². The number of Topliss-reactive ketones (excluding diaryl/α,β-unsaturated/α-hetero) is 1. The van der Waals surface area contributed by atoms with Crippen LogP contribution >= 0.6 is 63.7 Å². The van der Waals surface area contributed by atoms with Crippen LogP contribution in [0.2, 0.25) is 0 Å². The number of carbonyl (C=O) groups excluding carboxylic acids is 3. The number of nitrogens with one attached hydrogen (secondary N) is 6. The minimum absolute atomic E-state index is 0.0494. The molecule has 1 saturated heterocycles. The zero-order valence-corrected chi connectivity index (χ0v) is 82.7. The van der Waals surface area contributed by atoms with Gasteiger partial charge < -0.3 is 87.0 Å². The number of anilines is 7. The summed E-state index contributed by atoms with van der Waals surface area (Å²) in [4.78, 5) is 90.5. The van der Waals surface area contributed by atoms with Crippen LogP contribution in [-0.4, -0.2) is 149 Å². The quantitative estimate of drug-likeness (QED) is 0.00465. The number of nitriles is 1. The van der Waals surface area contributed by atoms with E-state index in [9.17, 15) is 29.1 Å². The molecule has 0 amide bonds. The Labute approximate surface area is 813 Å². The number of carbonyl (C=O) groups is 5. The van der Waals surface area contributed by atoms with Gasteiger partial charge >= 0.3 is 23.9 Å². The number of cyclic esters (lactones) is 2. The van der Waals surface area contributed by atoms with E-state index >= 15 is 0 Å². The van der Waals surface area contributed by atoms with Crippen molar-refractivity contribution < 1.29 is 67.6 Å². The predicted molar refractivity (Wildman–Crippen MR) is 526 cm³/mol. The molecule has 710 valence electrons. The first kappa shape index (κ1) is 102. The number of ether oxygens (including phenoxy) is 5. The van der Waals surface area contributed by atoms with E-state index in [4.69, 9.17) is 55.5 Å². The van der Waals surface area contributed by atoms with Crippen molar-refractivity contribution in [3.63, 3.8) is 0 Å². The third-order valence-electron chi connectivity index (χ3n) is 23.4. The number of aliphatic carboxylic acids is 2. The third kappa shape index (κ3) is 30.7. The zero-order chi connectivity index (χ0) is 96.1. The Morgan fingerprint density at radius 1 is 0.537 bits per heavy atom. The molecule has 134 heavy (non-hydrogen) atoms. The minimum Gasteiger partial charge on any atom is -0.481 e. The summed E-state index contributed by atoms with van der Waals surface area (Å²) < 4.78 is 34.4. The number of amidine groups is 1. The topological polar surface area (TPSA) is 482 Å². The highest BCUT2D eigenvalue weighted by Gasteiger charge is 2.34. The van der Waals surface area contributed by atoms with Crippen molar-refractivity contribution in [1.82, 2.24) is 45.0 Å².